The molecule has 1 heterocycles. The van der Waals surface area contributed by atoms with Crippen molar-refractivity contribution < 1.29 is 19.1 Å². The lowest BCUT2D eigenvalue weighted by atomic mass is 10.1. The molecule has 0 aliphatic rings. The van der Waals surface area contributed by atoms with Gasteiger partial charge in [0, 0.05) is 17.7 Å². The maximum absolute atomic E-state index is 10.9. The average molecular weight is 355 g/mol. The monoisotopic (exact) mass is 355 g/mol. The molecule has 0 aliphatic heterocycles. The molecular formula is C18H17N3O5. The fraction of sp³-hybridized carbons (Fsp3) is 0.167. The summed E-state index contributed by atoms with van der Waals surface area (Å²) in [5.41, 5.74) is 2.03. The van der Waals surface area contributed by atoms with Crippen molar-refractivity contribution in [1.29, 1.82) is 0 Å². The van der Waals surface area contributed by atoms with E-state index in [1.807, 2.05) is 12.1 Å². The third-order valence-electron chi connectivity index (χ3n) is 3.85. The van der Waals surface area contributed by atoms with Gasteiger partial charge >= 0.3 is 0 Å². The Balaban J connectivity index is 1.97. The topological polar surface area (TPSA) is 99.5 Å². The summed E-state index contributed by atoms with van der Waals surface area (Å²) in [5, 5.41) is 10.9. The first-order chi connectivity index (χ1) is 12.6. The molecule has 26 heavy (non-hydrogen) atoms. The number of H-pyrrole nitrogens is 1. The van der Waals surface area contributed by atoms with Crippen molar-refractivity contribution in [2.75, 3.05) is 21.3 Å². The molecule has 1 N–H and O–H groups in total. The Morgan fingerprint density at radius 3 is 2.46 bits per heavy atom. The molecule has 0 saturated carbocycles. The summed E-state index contributed by atoms with van der Waals surface area (Å²) in [5.74, 6) is 2.17. The number of nitrogens with one attached hydrogen (secondary N) is 1. The number of nitro benzene ring substituents is 1. The number of aromatic nitrogens is 2. The first-order valence-corrected chi connectivity index (χ1v) is 7.68. The van der Waals surface area contributed by atoms with Crippen LogP contribution >= 0.6 is 0 Å². The maximum atomic E-state index is 10.9. The van der Waals surface area contributed by atoms with Crippen molar-refractivity contribution >= 4 is 28.9 Å². The molecule has 0 fully saturated rings. The molecule has 134 valence electrons. The summed E-state index contributed by atoms with van der Waals surface area (Å²) < 4.78 is 16.1. The second-order valence-electron chi connectivity index (χ2n) is 5.34. The number of methoxy groups -OCH3 is 3. The summed E-state index contributed by atoms with van der Waals surface area (Å²) in [4.78, 5) is 17.9. The van der Waals surface area contributed by atoms with Crippen LogP contribution in [0.4, 0.5) is 5.69 Å². The highest BCUT2D eigenvalue weighted by Gasteiger charge is 2.14. The van der Waals surface area contributed by atoms with Gasteiger partial charge in [-0.05, 0) is 30.4 Å². The highest BCUT2D eigenvalue weighted by Crippen LogP contribution is 2.40. The standard InChI is InChI=1S/C18H17N3O5/c1-24-15-8-4-11(17(25-2)18(15)26-3)5-9-16-19-13-7-6-12(21(22)23)10-14(13)20-16/h4-10H,1-3H3,(H,19,20)/b9-5+. The molecule has 0 bridgehead atoms. The highest BCUT2D eigenvalue weighted by atomic mass is 16.6. The second kappa shape index (κ2) is 7.14. The largest absolute Gasteiger partial charge is 0.493 e. The fourth-order valence-electron chi connectivity index (χ4n) is 2.63. The Kier molecular flexibility index (Phi) is 4.74. The Morgan fingerprint density at radius 1 is 1.04 bits per heavy atom. The highest BCUT2D eigenvalue weighted by molar-refractivity contribution is 5.81. The lowest BCUT2D eigenvalue weighted by molar-refractivity contribution is -0.384. The number of rotatable bonds is 6. The van der Waals surface area contributed by atoms with Gasteiger partial charge in [0.25, 0.3) is 5.69 Å². The molecule has 0 aliphatic carbocycles. The van der Waals surface area contributed by atoms with Crippen molar-refractivity contribution in [2.45, 2.75) is 0 Å². The molecule has 3 rings (SSSR count). The second-order valence-corrected chi connectivity index (χ2v) is 5.34. The van der Waals surface area contributed by atoms with Crippen molar-refractivity contribution in [1.82, 2.24) is 9.97 Å². The van der Waals surface area contributed by atoms with E-state index < -0.39 is 4.92 Å². The number of hydrogen-bond acceptors (Lipinski definition) is 6. The summed E-state index contributed by atoms with van der Waals surface area (Å²) in [6.07, 6.45) is 3.57. The van der Waals surface area contributed by atoms with E-state index in [2.05, 4.69) is 9.97 Å². The molecule has 0 saturated heterocycles. The zero-order chi connectivity index (χ0) is 18.7. The zero-order valence-electron chi connectivity index (χ0n) is 14.5. The molecule has 2 aromatic carbocycles. The normalized spacial score (nSPS) is 11.0. The van der Waals surface area contributed by atoms with Gasteiger partial charge in [-0.25, -0.2) is 4.98 Å². The summed E-state index contributed by atoms with van der Waals surface area (Å²) in [6.45, 7) is 0. The number of benzene rings is 2. The molecule has 3 aromatic rings. The summed E-state index contributed by atoms with van der Waals surface area (Å²) in [6, 6.07) is 8.11. The Hall–Kier alpha value is -3.55. The number of ether oxygens (including phenoxy) is 3. The van der Waals surface area contributed by atoms with Gasteiger partial charge in [0.1, 0.15) is 5.82 Å². The van der Waals surface area contributed by atoms with Gasteiger partial charge < -0.3 is 19.2 Å². The van der Waals surface area contributed by atoms with Gasteiger partial charge in [0.2, 0.25) is 5.75 Å². The van der Waals surface area contributed by atoms with Gasteiger partial charge in [-0.1, -0.05) is 0 Å². The number of non-ortho nitro benzene ring substituents is 1. The van der Waals surface area contributed by atoms with E-state index in [4.69, 9.17) is 14.2 Å². The Bertz CT molecular complexity index is 994. The molecule has 0 atom stereocenters. The molecule has 8 nitrogen and oxygen atoms in total. The van der Waals surface area contributed by atoms with Crippen LogP contribution in [0.2, 0.25) is 0 Å². The lowest BCUT2D eigenvalue weighted by Gasteiger charge is -2.13. The summed E-state index contributed by atoms with van der Waals surface area (Å²) in [7, 11) is 4.65. The third-order valence-corrected chi connectivity index (χ3v) is 3.85. The zero-order valence-corrected chi connectivity index (χ0v) is 14.5. The fourth-order valence-corrected chi connectivity index (χ4v) is 2.63. The molecule has 0 unspecified atom stereocenters. The van der Waals surface area contributed by atoms with Gasteiger partial charge in [0.05, 0.1) is 37.3 Å². The molecule has 0 amide bonds. The van der Waals surface area contributed by atoms with E-state index in [1.165, 1.54) is 12.1 Å². The van der Waals surface area contributed by atoms with E-state index in [-0.39, 0.29) is 5.69 Å². The average Bonchev–Trinajstić information content (AvgIpc) is 3.07. The molecule has 1 aromatic heterocycles. The van der Waals surface area contributed by atoms with Crippen molar-refractivity contribution in [3.8, 4) is 17.2 Å². The number of fused-ring (bicyclic) bond motifs is 1. The van der Waals surface area contributed by atoms with E-state index in [0.29, 0.717) is 34.1 Å². The summed E-state index contributed by atoms with van der Waals surface area (Å²) >= 11 is 0. The minimum atomic E-state index is -0.440. The van der Waals surface area contributed by atoms with E-state index in [0.717, 1.165) is 5.56 Å². The van der Waals surface area contributed by atoms with Gasteiger partial charge in [-0.3, -0.25) is 10.1 Å². The van der Waals surface area contributed by atoms with Crippen LogP contribution in [0.15, 0.2) is 30.3 Å². The number of nitrogens with zero attached hydrogens (tertiary/aromatic N) is 2. The minimum Gasteiger partial charge on any atom is -0.493 e. The molecule has 0 spiro atoms. The number of aromatic amines is 1. The van der Waals surface area contributed by atoms with Crippen molar-refractivity contribution in [3.63, 3.8) is 0 Å². The Labute approximate surface area is 149 Å². The number of hydrogen-bond donors (Lipinski definition) is 1. The van der Waals surface area contributed by atoms with Crippen LogP contribution in [0, 0.1) is 10.1 Å². The first-order valence-electron chi connectivity index (χ1n) is 7.68. The lowest BCUT2D eigenvalue weighted by Crippen LogP contribution is -1.96. The van der Waals surface area contributed by atoms with Crippen LogP contribution in [0.1, 0.15) is 11.4 Å². The molecule has 8 heteroatoms. The van der Waals surface area contributed by atoms with Crippen LogP contribution in [0.25, 0.3) is 23.2 Å². The van der Waals surface area contributed by atoms with Crippen molar-refractivity contribution in [2.24, 2.45) is 0 Å². The van der Waals surface area contributed by atoms with Crippen LogP contribution in [0.3, 0.4) is 0 Å². The smallest absolute Gasteiger partial charge is 0.271 e. The Morgan fingerprint density at radius 2 is 1.81 bits per heavy atom. The van der Waals surface area contributed by atoms with E-state index in [9.17, 15) is 10.1 Å². The van der Waals surface area contributed by atoms with E-state index >= 15 is 0 Å². The minimum absolute atomic E-state index is 0.0123. The van der Waals surface area contributed by atoms with Gasteiger partial charge in [-0.15, -0.1) is 0 Å². The molecular weight excluding hydrogens is 338 g/mol. The predicted molar refractivity (Wildman–Crippen MR) is 97.8 cm³/mol. The van der Waals surface area contributed by atoms with Crippen molar-refractivity contribution in [3.05, 3.63) is 51.8 Å². The quantitative estimate of drug-likeness (QED) is 0.535. The van der Waals surface area contributed by atoms with Crippen LogP contribution in [0.5, 0.6) is 17.2 Å². The van der Waals surface area contributed by atoms with Crippen LogP contribution in [-0.2, 0) is 0 Å². The number of nitro groups is 1. The van der Waals surface area contributed by atoms with Crippen LogP contribution in [-0.4, -0.2) is 36.2 Å². The molecule has 0 radical (unpaired) electrons. The third kappa shape index (κ3) is 3.16. The first kappa shape index (κ1) is 17.3. The number of imidazole rings is 1. The van der Waals surface area contributed by atoms with E-state index in [1.54, 1.807) is 39.5 Å². The SMILES string of the molecule is COc1ccc(/C=C/c2nc3ccc([N+](=O)[O-])cc3[nH]2)c(OC)c1OC. The predicted octanol–water partition coefficient (Wildman–Crippen LogP) is 3.67. The van der Waals surface area contributed by atoms with Gasteiger partial charge in [0.15, 0.2) is 11.5 Å². The van der Waals surface area contributed by atoms with Crippen LogP contribution < -0.4 is 14.2 Å². The van der Waals surface area contributed by atoms with Gasteiger partial charge in [-0.2, -0.15) is 0 Å². The maximum Gasteiger partial charge on any atom is 0.271 e.